The quantitative estimate of drug-likeness (QED) is 0.220. The van der Waals surface area contributed by atoms with Gasteiger partial charge < -0.3 is 257 Å². The zero-order chi connectivity index (χ0) is 5.21. The molecule has 0 unspecified atom stereocenters. The van der Waals surface area contributed by atoms with Gasteiger partial charge >= 0.3 is 684 Å². The molecule has 85 heteroatoms. The van der Waals surface area contributed by atoms with Gasteiger partial charge in [0.05, 0.1) is 0 Å². The Bertz CT molecular complexity index is 209. The summed E-state index contributed by atoms with van der Waals surface area (Å²) in [5.74, 6) is 0. The second kappa shape index (κ2) is 993. The van der Waals surface area contributed by atoms with Crippen molar-refractivity contribution in [1.29, 1.82) is 0 Å². The summed E-state index contributed by atoms with van der Waals surface area (Å²) in [7, 11) is 0. The Balaban J connectivity index is -0.0000000000406. The van der Waals surface area contributed by atoms with Gasteiger partial charge in [0.1, 0.15) is 0 Å². The topological polar surface area (TPSA) is 1510 Å². The van der Waals surface area contributed by atoms with Crippen LogP contribution >= 0.6 is 0 Å². The molecule has 0 aromatic heterocycles. The first-order chi connectivity index (χ1) is 2.56. The molecule has 0 saturated heterocycles. The maximum atomic E-state index is 9.33. The summed E-state index contributed by atoms with van der Waals surface area (Å²) < 4.78 is 31.4. The molecule has 0 aliphatic heterocycles. The van der Waals surface area contributed by atoms with Gasteiger partial charge in [-0.1, -0.05) is 0 Å². The van der Waals surface area contributed by atoms with Crippen LogP contribution < -0.4 is 7.23 Å². The van der Waals surface area contributed by atoms with Gasteiger partial charge in [-0.05, 0) is 0 Å². The van der Waals surface area contributed by atoms with Crippen LogP contribution in [-0.4, -0.2) is 1070 Å². The second-order valence-corrected chi connectivity index (χ2v) is 6.25. The minimum absolute atomic E-state index is 0. The van der Waals surface area contributed by atoms with Crippen LogP contribution in [0.4, 0.5) is 0 Å². The van der Waals surface area contributed by atoms with E-state index in [-0.39, 0.29) is 1290 Å². The fourth-order valence-corrected chi connectivity index (χ4v) is 0. The normalized spacial score (nSPS) is 0.824. The Hall–Kier alpha value is 32.6. The van der Waals surface area contributed by atoms with Gasteiger partial charge in [-0.15, -0.1) is 0 Å². The molecule has 38 radical (unpaired) electrons. The van der Waals surface area contributed by atoms with Crippen LogP contribution in [0.25, 0.3) is 0 Å². The molecule has 0 fully saturated rings. The van der Waals surface area contributed by atoms with Crippen LogP contribution in [0.1, 0.15) is 0 Å². The van der Waals surface area contributed by atoms with E-state index in [2.05, 4.69) is 2.30 Å². The molecule has 0 amide bonds. The predicted octanol–water partition coefficient (Wildman–Crippen LogP) is -33.6. The van der Waals surface area contributed by atoms with E-state index in [0.717, 1.165) is 0 Å². The van der Waals surface area contributed by atoms with Crippen molar-refractivity contribution >= 4 is 810 Å². The van der Waals surface area contributed by atoms with Gasteiger partial charge in [0.25, 0.3) is 0 Å². The molecule has 68 N–H and O–H groups in total. The van der Waals surface area contributed by atoms with Crippen molar-refractivity contribution in [3.05, 3.63) is 0 Å². The average molecular weight is 4060 g/mol. The first-order valence-electron chi connectivity index (χ1n) is 0.966. The van der Waals surface area contributed by atoms with E-state index in [1.807, 2.05) is 0 Å². The Morgan fingerprint density at radius 2 is 0.200 bits per heavy atom. The minimum Gasteiger partial charge on any atom is 0 e. The number of rotatable bonds is 1. The van der Waals surface area contributed by atoms with Gasteiger partial charge in [0.15, 0.2) is 0 Å². The van der Waals surface area contributed by atoms with Crippen molar-refractivity contribution in [3.8, 4) is 0 Å². The van der Waals surface area contributed by atoms with E-state index in [1.165, 1.54) is 16.6 Å². The predicted molar refractivity (Wildman–Crippen MR) is 266 cm³/mol. The average Bonchev–Trinajstić information content (AvgIpc) is 1.35. The van der Waals surface area contributed by atoms with Gasteiger partial charge in [0.2, 0.25) is 0 Å². The third-order valence-corrected chi connectivity index (χ3v) is 3.17. The Kier molecular flexibility index (Phi) is 13200. The third-order valence-electron chi connectivity index (χ3n) is 0.129. The van der Waals surface area contributed by atoms with Crippen LogP contribution in [0.2, 0.25) is 0 Å². The summed E-state index contributed by atoms with van der Waals surface area (Å²) in [6, 6.07) is 0. The molecule has 85 heavy (non-hydrogen) atoms. The SMILES string of the molecule is O.O.O.O.O.O.O.O.O.O.O.O.O.O.O.O.O.O.O.O.O.[Al].[Al].[Al].[Al].[Al].[Al].[Al].[Al].[Al].[La].[La].[La].[OH-].[OH-].[OH-].[OH-].[OH-].[OH-].[OH-].[OH-].[OH-].[OH-].[OH-].[OH-].[OH-].[OH-].[OH-].[OH-].[OH-].[OH-].[OH-].[OH-].[OH-].[OH-].[OH-].[OH-].[OH-].[OH-].[O]=[Ta]([O-])([O-])[O][Al].[Sr+2].[Sr+2].[Sr+2].[Sr+2].[Sr+2].[Sr+2].[Sr+2].[Sr+2].[Sr+2].[Sr+2].[Sr+2].[Sr+2].[Sr+2].[Sr+2].[Ta].[Ta].[Ta].[Ta].[Ta].[Ta]. The van der Waals surface area contributed by atoms with E-state index in [1.54, 1.807) is 0 Å². The molecular weight excluding hydrogens is 4000 g/mol. The van der Waals surface area contributed by atoms with Crippen LogP contribution in [-0.2, 0) is 158 Å². The molecule has 0 aliphatic rings. The molecule has 0 aromatic rings. The van der Waals surface area contributed by atoms with Crippen LogP contribution in [0.15, 0.2) is 0 Å². The molecule has 0 bridgehead atoms. The summed E-state index contributed by atoms with van der Waals surface area (Å²) >= 11 is -4.18. The van der Waals surface area contributed by atoms with Crippen molar-refractivity contribution in [3.63, 3.8) is 0 Å². The standard InChI is InChI=1S/10Al.3La.47H2O.4O.14Sr.7Ta/h;;;;;;;;;;;;;47*1H2;;;;;;;;;;;;;;;;;;;;;;;;;/q;;;;;;;;;;;;;;;;;;;;;;;;;;;;;;;;;;;;;;;;;;;;;;;;;;;;;;;;;;;;;;2*-1;14*+2;;;;;;;/p-26. The zero-order valence-corrected chi connectivity index (χ0v) is 138. The van der Waals surface area contributed by atoms with Gasteiger partial charge in [-0.2, -0.15) is 0 Å². The Morgan fingerprint density at radius 1 is 0.188 bits per heavy atom. The van der Waals surface area contributed by atoms with Crippen molar-refractivity contribution in [2.45, 2.75) is 0 Å². The summed E-state index contributed by atoms with van der Waals surface area (Å²) in [5, 5.41) is 0. The van der Waals surface area contributed by atoms with E-state index in [9.17, 15) is 10.5 Å². The molecule has 0 aromatic carbocycles. The van der Waals surface area contributed by atoms with Crippen LogP contribution in [0.5, 0.6) is 0 Å². The van der Waals surface area contributed by atoms with Crippen molar-refractivity contribution < 1.29 is 530 Å². The van der Waals surface area contributed by atoms with Gasteiger partial charge in [0, 0.05) is 397 Å². The largest absolute Gasteiger partial charge is 2.00 e. The molecule has 476 valence electrons. The molecule has 0 rings (SSSR count). The summed E-state index contributed by atoms with van der Waals surface area (Å²) in [4.78, 5) is 0. The third kappa shape index (κ3) is 1210. The van der Waals surface area contributed by atoms with E-state index in [0.29, 0.717) is 0 Å². The van der Waals surface area contributed by atoms with E-state index < -0.39 is 18.3 Å². The summed E-state index contributed by atoms with van der Waals surface area (Å²) in [6.45, 7) is 0. The monoisotopic (exact) mass is 4070 g/mol. The van der Waals surface area contributed by atoms with E-state index in [4.69, 9.17) is 0 Å². The molecule has 0 heterocycles. The summed E-state index contributed by atoms with van der Waals surface area (Å²) in [5.41, 5.74) is 0. The smallest absolute Gasteiger partial charge is 0 e. The maximum Gasteiger partial charge on any atom is 2.00 e. The number of hydrogen-bond acceptors (Lipinski definition) is 30. The molecule has 0 atom stereocenters. The molecule has 0 saturated carbocycles. The van der Waals surface area contributed by atoms with Crippen LogP contribution in [0.3, 0.4) is 0 Å². The molecule has 0 spiro atoms. The maximum absolute atomic E-state index is 9.33. The fraction of sp³-hybridized carbons (Fsp3) is 0. The number of hydrogen-bond donors (Lipinski definition) is 0. The van der Waals surface area contributed by atoms with Gasteiger partial charge in [-0.3, -0.25) is 0 Å². The molecule has 0 aliphatic carbocycles. The zero-order valence-electron chi connectivity index (χ0n) is 44.3. The molecule has 51 nitrogen and oxygen atoms in total. The first kappa shape index (κ1) is 1130. The Morgan fingerprint density at radius 3 is 0.200 bits per heavy atom. The van der Waals surface area contributed by atoms with Crippen LogP contribution in [0, 0.1) is 107 Å². The fourth-order valence-electron chi connectivity index (χ4n) is 0. The van der Waals surface area contributed by atoms with Crippen molar-refractivity contribution in [1.82, 2.24) is 0 Å². The Labute approximate surface area is 1300 Å². The minimum atomic E-state index is -5.56. The van der Waals surface area contributed by atoms with E-state index >= 15 is 0 Å². The molecular formula is H68Al10La3O51Sr14Ta7. The van der Waals surface area contributed by atoms with Crippen molar-refractivity contribution in [2.75, 3.05) is 0 Å². The summed E-state index contributed by atoms with van der Waals surface area (Å²) in [6.07, 6.45) is 0. The van der Waals surface area contributed by atoms with Gasteiger partial charge in [-0.25, -0.2) is 0 Å². The first-order valence-corrected chi connectivity index (χ1v) is 6.68. The second-order valence-electron chi connectivity index (χ2n) is 0.553. The van der Waals surface area contributed by atoms with Crippen molar-refractivity contribution in [2.24, 2.45) is 0 Å².